The first kappa shape index (κ1) is 19.4. The Labute approximate surface area is 166 Å². The van der Waals surface area contributed by atoms with E-state index >= 15 is 0 Å². The minimum Gasteiger partial charge on any atom is -0.484 e. The van der Waals surface area contributed by atoms with Crippen LogP contribution in [0.2, 0.25) is 5.02 Å². The van der Waals surface area contributed by atoms with Gasteiger partial charge in [0.25, 0.3) is 11.8 Å². The van der Waals surface area contributed by atoms with E-state index in [0.717, 1.165) is 6.07 Å². The van der Waals surface area contributed by atoms with Crippen molar-refractivity contribution in [2.75, 3.05) is 17.2 Å². The zero-order valence-electron chi connectivity index (χ0n) is 14.6. The molecule has 0 heterocycles. The van der Waals surface area contributed by atoms with Gasteiger partial charge in [0.15, 0.2) is 6.61 Å². The van der Waals surface area contributed by atoms with Crippen LogP contribution >= 0.6 is 11.6 Å². The monoisotopic (exact) mass is 398 g/mol. The molecule has 0 spiro atoms. The van der Waals surface area contributed by atoms with E-state index in [2.05, 4.69) is 10.6 Å². The van der Waals surface area contributed by atoms with Crippen LogP contribution in [0.3, 0.4) is 0 Å². The van der Waals surface area contributed by atoms with Crippen LogP contribution in [0.4, 0.5) is 15.8 Å². The maximum absolute atomic E-state index is 13.2. The standard InChI is InChI=1S/C21H16ClFN2O3/c22-17-12-15(10-11-18(17)23)28-13-20(26)25-19-9-5-4-8-16(19)21(27)24-14-6-2-1-3-7-14/h1-12H,13H2,(H,24,27)(H,25,26). The van der Waals surface area contributed by atoms with Crippen molar-refractivity contribution in [3.63, 3.8) is 0 Å². The van der Waals surface area contributed by atoms with Gasteiger partial charge in [0.05, 0.1) is 16.3 Å². The van der Waals surface area contributed by atoms with Crippen LogP contribution in [0.15, 0.2) is 72.8 Å². The fourth-order valence-corrected chi connectivity index (χ4v) is 2.58. The highest BCUT2D eigenvalue weighted by atomic mass is 35.5. The van der Waals surface area contributed by atoms with Crippen LogP contribution in [-0.2, 0) is 4.79 Å². The first-order valence-electron chi connectivity index (χ1n) is 8.36. The number of carbonyl (C=O) groups is 2. The molecule has 2 N–H and O–H groups in total. The number of hydrogen-bond acceptors (Lipinski definition) is 3. The molecule has 5 nitrogen and oxygen atoms in total. The van der Waals surface area contributed by atoms with Crippen molar-refractivity contribution >= 4 is 34.8 Å². The summed E-state index contributed by atoms with van der Waals surface area (Å²) in [4.78, 5) is 24.7. The molecule has 0 radical (unpaired) electrons. The molecule has 7 heteroatoms. The Kier molecular flexibility index (Phi) is 6.24. The topological polar surface area (TPSA) is 67.4 Å². The zero-order chi connectivity index (χ0) is 19.9. The molecule has 2 amide bonds. The molecule has 0 aliphatic carbocycles. The summed E-state index contributed by atoms with van der Waals surface area (Å²) >= 11 is 5.68. The van der Waals surface area contributed by atoms with Crippen LogP contribution in [0.5, 0.6) is 5.75 Å². The van der Waals surface area contributed by atoms with E-state index in [1.807, 2.05) is 18.2 Å². The third kappa shape index (κ3) is 5.08. The third-order valence-corrected chi connectivity index (χ3v) is 4.03. The summed E-state index contributed by atoms with van der Waals surface area (Å²) < 4.78 is 18.5. The molecular weight excluding hydrogens is 383 g/mol. The average molecular weight is 399 g/mol. The van der Waals surface area contributed by atoms with E-state index in [-0.39, 0.29) is 23.3 Å². The zero-order valence-corrected chi connectivity index (χ0v) is 15.4. The minimum absolute atomic E-state index is 0.0964. The molecule has 0 unspecified atom stereocenters. The highest BCUT2D eigenvalue weighted by Gasteiger charge is 2.14. The molecule has 3 aromatic rings. The number of anilines is 2. The second kappa shape index (κ2) is 9.01. The predicted molar refractivity (Wildman–Crippen MR) is 106 cm³/mol. The summed E-state index contributed by atoms with van der Waals surface area (Å²) in [7, 11) is 0. The predicted octanol–water partition coefficient (Wildman–Crippen LogP) is 4.75. The second-order valence-electron chi connectivity index (χ2n) is 5.78. The van der Waals surface area contributed by atoms with Crippen molar-refractivity contribution in [3.8, 4) is 5.75 Å². The number of amides is 2. The molecule has 28 heavy (non-hydrogen) atoms. The van der Waals surface area contributed by atoms with Crippen molar-refractivity contribution in [1.29, 1.82) is 0 Å². The summed E-state index contributed by atoms with van der Waals surface area (Å²) in [6, 6.07) is 19.4. The van der Waals surface area contributed by atoms with E-state index in [1.54, 1.807) is 36.4 Å². The van der Waals surface area contributed by atoms with Crippen molar-refractivity contribution < 1.29 is 18.7 Å². The first-order chi connectivity index (χ1) is 13.5. The molecule has 0 saturated heterocycles. The van der Waals surface area contributed by atoms with Crippen molar-refractivity contribution in [3.05, 3.63) is 89.2 Å². The molecule has 0 atom stereocenters. The molecule has 0 aromatic heterocycles. The lowest BCUT2D eigenvalue weighted by atomic mass is 10.1. The average Bonchev–Trinajstić information content (AvgIpc) is 2.70. The van der Waals surface area contributed by atoms with Crippen molar-refractivity contribution in [2.24, 2.45) is 0 Å². The maximum Gasteiger partial charge on any atom is 0.262 e. The Morgan fingerprint density at radius 2 is 1.64 bits per heavy atom. The minimum atomic E-state index is -0.572. The number of rotatable bonds is 6. The molecule has 0 aliphatic rings. The molecule has 3 aromatic carbocycles. The summed E-state index contributed by atoms with van der Waals surface area (Å²) in [5.41, 5.74) is 1.30. The Balaban J connectivity index is 1.64. The number of ether oxygens (including phenoxy) is 1. The lowest BCUT2D eigenvalue weighted by Gasteiger charge is -2.12. The molecule has 0 fully saturated rings. The number of halogens is 2. The van der Waals surface area contributed by atoms with Gasteiger partial charge in [0.2, 0.25) is 0 Å². The van der Waals surface area contributed by atoms with Gasteiger partial charge in [0.1, 0.15) is 11.6 Å². The van der Waals surface area contributed by atoms with Gasteiger partial charge in [0, 0.05) is 11.8 Å². The molecule has 142 valence electrons. The van der Waals surface area contributed by atoms with Gasteiger partial charge < -0.3 is 15.4 Å². The number of nitrogens with one attached hydrogen (secondary N) is 2. The number of hydrogen-bond donors (Lipinski definition) is 2. The first-order valence-corrected chi connectivity index (χ1v) is 8.74. The van der Waals surface area contributed by atoms with Crippen LogP contribution < -0.4 is 15.4 Å². The Bertz CT molecular complexity index is 996. The van der Waals surface area contributed by atoms with Gasteiger partial charge in [-0.3, -0.25) is 9.59 Å². The van der Waals surface area contributed by atoms with E-state index in [4.69, 9.17) is 16.3 Å². The molecule has 0 bridgehead atoms. The normalized spacial score (nSPS) is 10.2. The Morgan fingerprint density at radius 3 is 2.39 bits per heavy atom. The van der Waals surface area contributed by atoms with Gasteiger partial charge in [-0.1, -0.05) is 41.9 Å². The van der Waals surface area contributed by atoms with Gasteiger partial charge >= 0.3 is 0 Å². The molecular formula is C21H16ClFN2O3. The summed E-state index contributed by atoms with van der Waals surface area (Å²) in [6.45, 7) is -0.323. The highest BCUT2D eigenvalue weighted by Crippen LogP contribution is 2.21. The molecule has 0 aliphatic heterocycles. The SMILES string of the molecule is O=C(COc1ccc(F)c(Cl)c1)Nc1ccccc1C(=O)Nc1ccccc1. The molecule has 3 rings (SSSR count). The van der Waals surface area contributed by atoms with E-state index < -0.39 is 11.7 Å². The van der Waals surface area contributed by atoms with Crippen molar-refractivity contribution in [1.82, 2.24) is 0 Å². The summed E-state index contributed by atoms with van der Waals surface area (Å²) in [5, 5.41) is 5.31. The van der Waals surface area contributed by atoms with Crippen LogP contribution in [0, 0.1) is 5.82 Å². The van der Waals surface area contributed by atoms with Gasteiger partial charge in [-0.25, -0.2) is 4.39 Å². The van der Waals surface area contributed by atoms with Gasteiger partial charge in [-0.15, -0.1) is 0 Å². The van der Waals surface area contributed by atoms with Crippen LogP contribution in [-0.4, -0.2) is 18.4 Å². The third-order valence-electron chi connectivity index (χ3n) is 3.74. The lowest BCUT2D eigenvalue weighted by molar-refractivity contribution is -0.118. The van der Waals surface area contributed by atoms with Crippen LogP contribution in [0.1, 0.15) is 10.4 Å². The van der Waals surface area contributed by atoms with Gasteiger partial charge in [-0.05, 0) is 36.4 Å². The van der Waals surface area contributed by atoms with E-state index in [0.29, 0.717) is 16.9 Å². The number of para-hydroxylation sites is 2. The lowest BCUT2D eigenvalue weighted by Crippen LogP contribution is -2.22. The van der Waals surface area contributed by atoms with Crippen LogP contribution in [0.25, 0.3) is 0 Å². The maximum atomic E-state index is 13.2. The largest absolute Gasteiger partial charge is 0.484 e. The quantitative estimate of drug-likeness (QED) is 0.629. The fraction of sp³-hybridized carbons (Fsp3) is 0.0476. The highest BCUT2D eigenvalue weighted by molar-refractivity contribution is 6.30. The molecule has 0 saturated carbocycles. The number of benzene rings is 3. The Morgan fingerprint density at radius 1 is 0.929 bits per heavy atom. The fourth-order valence-electron chi connectivity index (χ4n) is 2.41. The number of carbonyl (C=O) groups excluding carboxylic acids is 2. The smallest absolute Gasteiger partial charge is 0.262 e. The summed E-state index contributed by atoms with van der Waals surface area (Å²) in [6.07, 6.45) is 0. The second-order valence-corrected chi connectivity index (χ2v) is 6.19. The summed E-state index contributed by atoms with van der Waals surface area (Å²) in [5.74, 6) is -1.14. The van der Waals surface area contributed by atoms with Gasteiger partial charge in [-0.2, -0.15) is 0 Å². The van der Waals surface area contributed by atoms with Crippen molar-refractivity contribution in [2.45, 2.75) is 0 Å². The Hall–Kier alpha value is -3.38. The van der Waals surface area contributed by atoms with E-state index in [9.17, 15) is 14.0 Å². The van der Waals surface area contributed by atoms with E-state index in [1.165, 1.54) is 12.1 Å².